The maximum Gasteiger partial charge on any atom is 0.162 e. The third-order valence-corrected chi connectivity index (χ3v) is 13.9. The van der Waals surface area contributed by atoms with Gasteiger partial charge in [-0.05, 0) is 59.0 Å². The third kappa shape index (κ3) is 5.34. The molecule has 0 fully saturated rings. The van der Waals surface area contributed by atoms with Crippen molar-refractivity contribution in [3.63, 3.8) is 0 Å². The van der Waals surface area contributed by atoms with E-state index in [2.05, 4.69) is 222 Å². The Kier molecular flexibility index (Phi) is 7.99. The van der Waals surface area contributed by atoms with Crippen LogP contribution in [0, 0.1) is 6.92 Å². The minimum absolute atomic E-state index is 0.116. The average Bonchev–Trinajstić information content (AvgIpc) is 3.99. The number of fused-ring (bicyclic) bond motifs is 10. The fraction of sp³-hybridized carbons (Fsp3) is 0.148. The van der Waals surface area contributed by atoms with Crippen molar-refractivity contribution >= 4 is 115 Å². The van der Waals surface area contributed by atoms with Gasteiger partial charge in [-0.3, -0.25) is 0 Å². The summed E-state index contributed by atoms with van der Waals surface area (Å²) in [5, 5.41) is 10.9. The Hall–Kier alpha value is -7.76. The Morgan fingerprint density at radius 2 is 0.909 bits per heavy atom. The highest BCUT2D eigenvalue weighted by atomic mass is 16.3. The fourth-order valence-electron chi connectivity index (χ4n) is 11.0. The van der Waals surface area contributed by atoms with Crippen molar-refractivity contribution in [2.75, 3.05) is 4.90 Å². The molecule has 0 aliphatic carbocycles. The van der Waals surface area contributed by atoms with Gasteiger partial charge >= 0.3 is 0 Å². The van der Waals surface area contributed by atoms with Crippen molar-refractivity contribution in [2.24, 2.45) is 0 Å². The average molecular weight is 857 g/mol. The molecule has 0 bridgehead atoms. The van der Waals surface area contributed by atoms with Crippen LogP contribution in [0.4, 0.5) is 17.1 Å². The monoisotopic (exact) mass is 856 g/mol. The second kappa shape index (κ2) is 13.6. The van der Waals surface area contributed by atoms with E-state index >= 15 is 0 Å². The Morgan fingerprint density at radius 3 is 1.61 bits per heavy atom. The quantitative estimate of drug-likeness (QED) is 0.177. The standard InChI is InChI=1S/C61H48N2O3/c1-35-19-8-12-30-46(35)62(48-32-16-26-42-40-24-14-28-44(60(2,3)4)55(40)65-57(42)48)54-39-22-10-9-21-38(39)53-52-51-37(23-18-34-50(51)64-59(52)54)36-20-11-13-31-47(36)63(53)49-33-17-27-43-41-25-15-29-45(61(5,6)7)56(41)66-58(43)49/h8-34H,1-7H3. The molecular weight excluding hydrogens is 809 g/mol. The van der Waals surface area contributed by atoms with E-state index in [-0.39, 0.29) is 10.8 Å². The number of aryl methyl sites for hydroxylation is 1. The van der Waals surface area contributed by atoms with Gasteiger partial charge in [0.15, 0.2) is 16.7 Å². The molecule has 0 saturated carbocycles. The maximum absolute atomic E-state index is 7.41. The van der Waals surface area contributed by atoms with Gasteiger partial charge in [0.05, 0.1) is 33.5 Å². The van der Waals surface area contributed by atoms with Crippen LogP contribution >= 0.6 is 0 Å². The van der Waals surface area contributed by atoms with Crippen molar-refractivity contribution in [1.29, 1.82) is 0 Å². The second-order valence-corrected chi connectivity index (χ2v) is 20.1. The first kappa shape index (κ1) is 38.7. The number of furan rings is 3. The topological polar surface area (TPSA) is 47.6 Å². The summed E-state index contributed by atoms with van der Waals surface area (Å²) < 4.78 is 24.2. The fourth-order valence-corrected chi connectivity index (χ4v) is 11.0. The lowest BCUT2D eigenvalue weighted by atomic mass is 9.86. The van der Waals surface area contributed by atoms with Crippen LogP contribution in [0.2, 0.25) is 0 Å². The Labute approximate surface area is 382 Å². The Morgan fingerprint density at radius 1 is 0.394 bits per heavy atom. The van der Waals surface area contributed by atoms with Gasteiger partial charge in [-0.15, -0.1) is 0 Å². The van der Waals surface area contributed by atoms with E-state index in [0.29, 0.717) is 0 Å². The number of rotatable bonds is 4. The van der Waals surface area contributed by atoms with Crippen LogP contribution in [0.15, 0.2) is 177 Å². The number of hydrogen-bond acceptors (Lipinski definition) is 4. The molecule has 4 aromatic heterocycles. The van der Waals surface area contributed by atoms with Crippen molar-refractivity contribution < 1.29 is 13.3 Å². The number of para-hydroxylation sites is 6. The molecule has 0 amide bonds. The van der Waals surface area contributed by atoms with E-state index in [4.69, 9.17) is 13.3 Å². The highest BCUT2D eigenvalue weighted by Crippen LogP contribution is 2.54. The summed E-state index contributed by atoms with van der Waals surface area (Å²) in [4.78, 5) is 2.40. The molecule has 0 aliphatic rings. The van der Waals surface area contributed by atoms with Crippen LogP contribution in [0.25, 0.3) is 104 Å². The molecule has 5 nitrogen and oxygen atoms in total. The number of hydrogen-bond donors (Lipinski definition) is 0. The van der Waals surface area contributed by atoms with Gasteiger partial charge in [-0.1, -0.05) is 175 Å². The molecule has 9 aromatic carbocycles. The van der Waals surface area contributed by atoms with E-state index < -0.39 is 0 Å². The van der Waals surface area contributed by atoms with Gasteiger partial charge < -0.3 is 22.7 Å². The number of benzene rings is 9. The minimum atomic E-state index is -0.120. The molecule has 13 aromatic rings. The SMILES string of the molecule is Cc1ccccc1N(c1cccc2c1oc1c(C(C)(C)C)cccc12)c1c2ccccc2c2c3c1oc1cccc(c4ccccc4n2-c2cccc4c2oc2c(C(C)(C)C)cccc24)c13. The summed E-state index contributed by atoms with van der Waals surface area (Å²) in [6, 6.07) is 59.0. The molecule has 0 N–H and O–H groups in total. The largest absolute Gasteiger partial charge is 0.454 e. The third-order valence-electron chi connectivity index (χ3n) is 13.9. The number of nitrogens with zero attached hydrogens (tertiary/aromatic N) is 2. The summed E-state index contributed by atoms with van der Waals surface area (Å²) in [6.07, 6.45) is 0. The van der Waals surface area contributed by atoms with Crippen molar-refractivity contribution in [3.8, 4) is 5.69 Å². The van der Waals surface area contributed by atoms with Gasteiger partial charge in [0, 0.05) is 59.9 Å². The molecule has 0 radical (unpaired) electrons. The molecule has 0 atom stereocenters. The Bertz CT molecular complexity index is 4160. The van der Waals surface area contributed by atoms with Crippen LogP contribution < -0.4 is 4.90 Å². The number of aromatic nitrogens is 1. The van der Waals surface area contributed by atoms with Gasteiger partial charge in [-0.25, -0.2) is 0 Å². The number of anilines is 3. The van der Waals surface area contributed by atoms with Crippen molar-refractivity contribution in [3.05, 3.63) is 180 Å². The molecule has 0 aliphatic heterocycles. The first-order chi connectivity index (χ1) is 32.0. The van der Waals surface area contributed by atoms with Crippen LogP contribution in [0.1, 0.15) is 58.2 Å². The van der Waals surface area contributed by atoms with Crippen LogP contribution in [0.5, 0.6) is 0 Å². The molecule has 5 heteroatoms. The van der Waals surface area contributed by atoms with E-state index in [0.717, 1.165) is 127 Å². The van der Waals surface area contributed by atoms with E-state index in [9.17, 15) is 0 Å². The molecule has 320 valence electrons. The first-order valence-electron chi connectivity index (χ1n) is 23.0. The highest BCUT2D eigenvalue weighted by Gasteiger charge is 2.31. The minimum Gasteiger partial charge on any atom is -0.454 e. The molecule has 4 heterocycles. The molecule has 0 saturated heterocycles. The lowest BCUT2D eigenvalue weighted by Gasteiger charge is -2.29. The normalized spacial score (nSPS) is 12.8. The lowest BCUT2D eigenvalue weighted by molar-refractivity contribution is 0.572. The van der Waals surface area contributed by atoms with Crippen LogP contribution in [0.3, 0.4) is 0 Å². The highest BCUT2D eigenvalue weighted by molar-refractivity contribution is 6.35. The van der Waals surface area contributed by atoms with Gasteiger partial charge in [0.25, 0.3) is 0 Å². The van der Waals surface area contributed by atoms with Crippen LogP contribution in [-0.4, -0.2) is 4.57 Å². The zero-order valence-corrected chi connectivity index (χ0v) is 38.2. The van der Waals surface area contributed by atoms with Gasteiger partial charge in [0.1, 0.15) is 16.7 Å². The molecule has 0 spiro atoms. The molecular formula is C61H48N2O3. The van der Waals surface area contributed by atoms with Gasteiger partial charge in [-0.2, -0.15) is 0 Å². The molecule has 13 rings (SSSR count). The zero-order chi connectivity index (χ0) is 44.8. The predicted octanol–water partition coefficient (Wildman–Crippen LogP) is 18.0. The zero-order valence-electron chi connectivity index (χ0n) is 38.2. The van der Waals surface area contributed by atoms with Crippen molar-refractivity contribution in [1.82, 2.24) is 4.57 Å². The van der Waals surface area contributed by atoms with E-state index in [1.165, 1.54) is 11.1 Å². The van der Waals surface area contributed by atoms with E-state index in [1.807, 2.05) is 0 Å². The summed E-state index contributed by atoms with van der Waals surface area (Å²) >= 11 is 0. The first-order valence-corrected chi connectivity index (χ1v) is 23.0. The second-order valence-electron chi connectivity index (χ2n) is 20.1. The van der Waals surface area contributed by atoms with E-state index in [1.54, 1.807) is 0 Å². The van der Waals surface area contributed by atoms with Crippen molar-refractivity contribution in [2.45, 2.75) is 59.3 Å². The maximum atomic E-state index is 7.41. The molecule has 66 heavy (non-hydrogen) atoms. The van der Waals surface area contributed by atoms with Crippen LogP contribution in [-0.2, 0) is 10.8 Å². The lowest BCUT2D eigenvalue weighted by Crippen LogP contribution is -2.13. The summed E-state index contributed by atoms with van der Waals surface area (Å²) in [5.41, 5.74) is 14.4. The predicted molar refractivity (Wildman–Crippen MR) is 277 cm³/mol. The van der Waals surface area contributed by atoms with Gasteiger partial charge in [0.2, 0.25) is 0 Å². The Balaban J connectivity index is 1.24. The smallest absolute Gasteiger partial charge is 0.162 e. The molecule has 0 unspecified atom stereocenters. The summed E-state index contributed by atoms with van der Waals surface area (Å²) in [6.45, 7) is 15.7. The summed E-state index contributed by atoms with van der Waals surface area (Å²) in [7, 11) is 0. The summed E-state index contributed by atoms with van der Waals surface area (Å²) in [5.74, 6) is 0.